The van der Waals surface area contributed by atoms with Crippen LogP contribution < -0.4 is 7.22 Å². The van der Waals surface area contributed by atoms with E-state index in [4.69, 9.17) is 0 Å². The summed E-state index contributed by atoms with van der Waals surface area (Å²) in [5.74, 6) is -0.0507. The van der Waals surface area contributed by atoms with Crippen LogP contribution in [0.5, 0.6) is 0 Å². The molecular formula is C19H17NO2STe. The van der Waals surface area contributed by atoms with Gasteiger partial charge in [-0.15, -0.1) is 0 Å². The van der Waals surface area contributed by atoms with E-state index in [0.29, 0.717) is 0 Å². The van der Waals surface area contributed by atoms with Gasteiger partial charge in [0.15, 0.2) is 0 Å². The summed E-state index contributed by atoms with van der Waals surface area (Å²) >= 11 is -2.55. The van der Waals surface area contributed by atoms with E-state index < -0.39 is 29.4 Å². The minimum absolute atomic E-state index is 0.0507. The summed E-state index contributed by atoms with van der Waals surface area (Å²) in [4.78, 5) is 0. The molecule has 3 aromatic carbocycles. The van der Waals surface area contributed by atoms with Crippen molar-refractivity contribution < 1.29 is 8.42 Å². The molecule has 3 rings (SSSR count). The van der Waals surface area contributed by atoms with E-state index in [-0.39, 0.29) is 5.75 Å². The molecule has 0 unspecified atom stereocenters. The van der Waals surface area contributed by atoms with Gasteiger partial charge in [0.25, 0.3) is 0 Å². The van der Waals surface area contributed by atoms with Gasteiger partial charge >= 0.3 is 150 Å². The van der Waals surface area contributed by atoms with Crippen molar-refractivity contribution in [2.24, 2.45) is 2.59 Å². The summed E-state index contributed by atoms with van der Waals surface area (Å²) in [6, 6.07) is 28.7. The van der Waals surface area contributed by atoms with Crippen molar-refractivity contribution in [2.45, 2.75) is 5.75 Å². The molecule has 3 aromatic rings. The third kappa shape index (κ3) is 4.61. The molecule has 5 heteroatoms. The summed E-state index contributed by atoms with van der Waals surface area (Å²) in [7, 11) is -3.53. The summed E-state index contributed by atoms with van der Waals surface area (Å²) < 4.78 is 31.7. The van der Waals surface area contributed by atoms with Crippen LogP contribution in [-0.4, -0.2) is 27.8 Å². The molecule has 0 bridgehead atoms. The average molecular weight is 451 g/mol. The van der Waals surface area contributed by atoms with Gasteiger partial charge in [0.05, 0.1) is 0 Å². The van der Waals surface area contributed by atoms with E-state index in [1.165, 1.54) is 0 Å². The van der Waals surface area contributed by atoms with Crippen LogP contribution >= 0.6 is 0 Å². The number of rotatable bonds is 5. The molecule has 0 atom stereocenters. The second-order valence-electron chi connectivity index (χ2n) is 5.20. The number of nitrogens with zero attached hydrogens (tertiary/aromatic N) is 1. The van der Waals surface area contributed by atoms with Crippen molar-refractivity contribution in [1.29, 1.82) is 0 Å². The van der Waals surface area contributed by atoms with Crippen LogP contribution in [0.25, 0.3) is 0 Å². The molecule has 0 spiro atoms. The van der Waals surface area contributed by atoms with Crippen molar-refractivity contribution in [1.82, 2.24) is 0 Å². The molecule has 0 amide bonds. The summed E-state index contributed by atoms with van der Waals surface area (Å²) in [5.41, 5.74) is 0.764. The van der Waals surface area contributed by atoms with Crippen LogP contribution in [0.2, 0.25) is 0 Å². The van der Waals surface area contributed by atoms with Gasteiger partial charge in [-0.1, -0.05) is 0 Å². The van der Waals surface area contributed by atoms with Crippen LogP contribution in [0.3, 0.4) is 0 Å². The molecule has 0 heterocycles. The van der Waals surface area contributed by atoms with Gasteiger partial charge in [0.1, 0.15) is 0 Å². The fourth-order valence-electron chi connectivity index (χ4n) is 2.25. The standard InChI is InChI=1S/C19H17NO2STe/c21-23(22,16-17-10-4-1-5-11-17)20-24(18-12-6-2-7-13-18)19-14-8-3-9-15-19/h1-15H,16H2. The predicted molar refractivity (Wildman–Crippen MR) is 99.4 cm³/mol. The zero-order chi connectivity index (χ0) is 16.8. The third-order valence-electron chi connectivity index (χ3n) is 3.31. The average Bonchev–Trinajstić information content (AvgIpc) is 2.62. The molecule has 0 saturated heterocycles. The molecule has 0 N–H and O–H groups in total. The molecule has 0 saturated carbocycles. The van der Waals surface area contributed by atoms with E-state index >= 15 is 0 Å². The molecule has 0 aliphatic carbocycles. The minimum atomic E-state index is -3.53. The van der Waals surface area contributed by atoms with Gasteiger partial charge in [0.2, 0.25) is 0 Å². The van der Waals surface area contributed by atoms with Crippen molar-refractivity contribution >= 4 is 36.6 Å². The molecule has 0 aliphatic heterocycles. The fourth-order valence-corrected chi connectivity index (χ4v) is 10.3. The van der Waals surface area contributed by atoms with Gasteiger partial charge < -0.3 is 0 Å². The van der Waals surface area contributed by atoms with Gasteiger partial charge in [0, 0.05) is 0 Å². The van der Waals surface area contributed by atoms with Gasteiger partial charge in [-0.25, -0.2) is 0 Å². The Bertz CT molecular complexity index is 883. The first kappa shape index (κ1) is 17.0. The van der Waals surface area contributed by atoms with E-state index in [1.54, 1.807) is 0 Å². The van der Waals surface area contributed by atoms with Crippen molar-refractivity contribution in [3.63, 3.8) is 0 Å². The predicted octanol–water partition coefficient (Wildman–Crippen LogP) is 2.59. The molecule has 24 heavy (non-hydrogen) atoms. The number of sulfonamides is 1. The van der Waals surface area contributed by atoms with Crippen LogP contribution in [0.4, 0.5) is 0 Å². The maximum atomic E-state index is 12.6. The Balaban J connectivity index is 2.03. The van der Waals surface area contributed by atoms with Gasteiger partial charge in [-0.3, -0.25) is 0 Å². The summed E-state index contributed by atoms with van der Waals surface area (Å²) in [5, 5.41) is 0. The Morgan fingerprint density at radius 3 is 1.54 bits per heavy atom. The first-order valence-electron chi connectivity index (χ1n) is 7.48. The second-order valence-corrected chi connectivity index (χ2v) is 12.4. The molecule has 0 aromatic heterocycles. The Labute approximate surface area is 149 Å². The Morgan fingerprint density at radius 1 is 0.667 bits per heavy atom. The molecule has 0 fully saturated rings. The van der Waals surface area contributed by atoms with Gasteiger partial charge in [-0.2, -0.15) is 0 Å². The monoisotopic (exact) mass is 453 g/mol. The van der Waals surface area contributed by atoms with E-state index in [1.807, 2.05) is 91.0 Å². The van der Waals surface area contributed by atoms with Crippen molar-refractivity contribution in [2.75, 3.05) is 0 Å². The zero-order valence-electron chi connectivity index (χ0n) is 12.9. The quantitative estimate of drug-likeness (QED) is 0.561. The van der Waals surface area contributed by atoms with E-state index in [2.05, 4.69) is 2.59 Å². The van der Waals surface area contributed by atoms with Crippen LogP contribution in [-0.2, 0) is 15.8 Å². The third-order valence-corrected chi connectivity index (χ3v) is 11.7. The number of benzene rings is 3. The number of hydrogen-bond acceptors (Lipinski definition) is 2. The molecule has 0 aliphatic rings. The second kappa shape index (κ2) is 7.85. The normalized spacial score (nSPS) is 11.4. The van der Waals surface area contributed by atoms with Crippen LogP contribution in [0.15, 0.2) is 93.6 Å². The maximum absolute atomic E-state index is 12.6. The molecular weight excluding hydrogens is 434 g/mol. The van der Waals surface area contributed by atoms with Crippen LogP contribution in [0.1, 0.15) is 5.56 Å². The molecule has 0 radical (unpaired) electrons. The SMILES string of the molecule is O=S(=O)(Cc1ccccc1)N=[Te](c1ccccc1)c1ccccc1. The summed E-state index contributed by atoms with van der Waals surface area (Å²) in [6.45, 7) is 0. The molecule has 3 nitrogen and oxygen atoms in total. The van der Waals surface area contributed by atoms with Crippen molar-refractivity contribution in [3.8, 4) is 0 Å². The van der Waals surface area contributed by atoms with Crippen LogP contribution in [0, 0.1) is 0 Å². The zero-order valence-corrected chi connectivity index (χ0v) is 16.1. The fraction of sp³-hybridized carbons (Fsp3) is 0.0526. The number of hydrogen-bond donors (Lipinski definition) is 0. The molecule has 122 valence electrons. The van der Waals surface area contributed by atoms with Gasteiger partial charge in [-0.05, 0) is 0 Å². The Hall–Kier alpha value is -1.80. The van der Waals surface area contributed by atoms with Crippen molar-refractivity contribution in [3.05, 3.63) is 96.6 Å². The van der Waals surface area contributed by atoms with E-state index in [0.717, 1.165) is 12.8 Å². The Kier molecular flexibility index (Phi) is 5.57. The topological polar surface area (TPSA) is 46.5 Å². The first-order valence-corrected chi connectivity index (χ1v) is 12.5. The Morgan fingerprint density at radius 2 is 1.08 bits per heavy atom. The van der Waals surface area contributed by atoms with E-state index in [9.17, 15) is 8.42 Å². The summed E-state index contributed by atoms with van der Waals surface area (Å²) in [6.07, 6.45) is 0. The first-order chi connectivity index (χ1) is 11.6.